The molecule has 0 aliphatic heterocycles. The monoisotopic (exact) mass is 296 g/mol. The van der Waals surface area contributed by atoms with E-state index in [1.165, 1.54) is 0 Å². The number of anilines is 1. The summed E-state index contributed by atoms with van der Waals surface area (Å²) in [4.78, 5) is 11.4. The van der Waals surface area contributed by atoms with Crippen molar-refractivity contribution in [1.82, 2.24) is 0 Å². The highest BCUT2D eigenvalue weighted by atomic mass is 19.2. The van der Waals surface area contributed by atoms with Gasteiger partial charge in [0.05, 0.1) is 0 Å². The second-order valence-corrected chi connectivity index (χ2v) is 4.36. The molecule has 0 aromatic heterocycles. The van der Waals surface area contributed by atoms with Crippen LogP contribution in [0.2, 0.25) is 0 Å². The van der Waals surface area contributed by atoms with Crippen LogP contribution in [0.3, 0.4) is 0 Å². The number of rotatable bonds is 5. The number of hydrogen-bond donors (Lipinski definition) is 2. The molecule has 112 valence electrons. The molecule has 0 aliphatic carbocycles. The van der Waals surface area contributed by atoms with Gasteiger partial charge >= 0.3 is 0 Å². The molecule has 1 atom stereocenters. The Bertz CT molecular complexity index is 490. The molecular weight excluding hydrogens is 283 g/mol. The molecule has 0 saturated carbocycles. The average molecular weight is 296 g/mol. The van der Waals surface area contributed by atoms with Crippen LogP contribution in [0.5, 0.6) is 0 Å². The molecule has 1 rings (SSSR count). The Morgan fingerprint density at radius 1 is 1.05 bits per heavy atom. The summed E-state index contributed by atoms with van der Waals surface area (Å²) in [5.41, 5.74) is 4.10. The quantitative estimate of drug-likeness (QED) is 0.499. The van der Waals surface area contributed by atoms with E-state index in [4.69, 9.17) is 5.73 Å². The highest BCUT2D eigenvalue weighted by Gasteiger charge is 2.26. The van der Waals surface area contributed by atoms with Gasteiger partial charge in [0, 0.05) is 12.5 Å². The third-order valence-corrected chi connectivity index (χ3v) is 2.54. The van der Waals surface area contributed by atoms with Crippen molar-refractivity contribution in [3.8, 4) is 0 Å². The average Bonchev–Trinajstić information content (AvgIpc) is 2.39. The lowest BCUT2D eigenvalue weighted by Crippen LogP contribution is -2.18. The summed E-state index contributed by atoms with van der Waals surface area (Å²) in [5.74, 6) is -11.5. The van der Waals surface area contributed by atoms with Crippen molar-refractivity contribution in [2.45, 2.75) is 32.2 Å². The van der Waals surface area contributed by atoms with E-state index < -0.39 is 40.7 Å². The fourth-order valence-electron chi connectivity index (χ4n) is 1.50. The molecule has 0 saturated heterocycles. The third-order valence-electron chi connectivity index (χ3n) is 2.54. The standard InChI is InChI=1S/C12H13F5N2O/c1-5(18)3-2-4-6(20)19-12-10(16)8(14)7(13)9(15)11(12)17/h5H,2-4,18H2,1H3,(H,19,20). The van der Waals surface area contributed by atoms with Crippen LogP contribution in [0, 0.1) is 29.1 Å². The van der Waals surface area contributed by atoms with Crippen molar-refractivity contribution in [3.05, 3.63) is 29.1 Å². The van der Waals surface area contributed by atoms with Crippen LogP contribution in [0.4, 0.5) is 27.6 Å². The van der Waals surface area contributed by atoms with Gasteiger partial charge in [0.25, 0.3) is 0 Å². The van der Waals surface area contributed by atoms with E-state index in [9.17, 15) is 26.7 Å². The molecule has 1 amide bonds. The van der Waals surface area contributed by atoms with Crippen LogP contribution >= 0.6 is 0 Å². The van der Waals surface area contributed by atoms with Crippen molar-refractivity contribution < 1.29 is 26.7 Å². The van der Waals surface area contributed by atoms with Gasteiger partial charge in [0.15, 0.2) is 23.3 Å². The van der Waals surface area contributed by atoms with Crippen molar-refractivity contribution >= 4 is 11.6 Å². The Kier molecular flexibility index (Phi) is 5.43. The van der Waals surface area contributed by atoms with E-state index in [-0.39, 0.29) is 12.5 Å². The van der Waals surface area contributed by atoms with Gasteiger partial charge in [-0.2, -0.15) is 0 Å². The number of amides is 1. The minimum Gasteiger partial charge on any atom is -0.328 e. The van der Waals surface area contributed by atoms with Crippen molar-refractivity contribution in [2.75, 3.05) is 5.32 Å². The van der Waals surface area contributed by atoms with Crippen LogP contribution in [0.1, 0.15) is 26.2 Å². The molecule has 1 aromatic rings. The van der Waals surface area contributed by atoms with Crippen molar-refractivity contribution in [2.24, 2.45) is 5.73 Å². The number of hydrogen-bond acceptors (Lipinski definition) is 2. The summed E-state index contributed by atoms with van der Waals surface area (Å²) in [6, 6.07) is -0.156. The van der Waals surface area contributed by atoms with Crippen LogP contribution in [-0.2, 0) is 4.79 Å². The van der Waals surface area contributed by atoms with Crippen LogP contribution in [0.15, 0.2) is 0 Å². The van der Waals surface area contributed by atoms with E-state index in [2.05, 4.69) is 0 Å². The third kappa shape index (κ3) is 3.66. The first-order valence-corrected chi connectivity index (χ1v) is 5.82. The predicted molar refractivity (Wildman–Crippen MR) is 62.4 cm³/mol. The largest absolute Gasteiger partial charge is 0.328 e. The Morgan fingerprint density at radius 3 is 1.95 bits per heavy atom. The lowest BCUT2D eigenvalue weighted by Gasteiger charge is -2.10. The van der Waals surface area contributed by atoms with Gasteiger partial charge in [-0.1, -0.05) is 0 Å². The minimum atomic E-state index is -2.27. The normalized spacial score (nSPS) is 12.3. The smallest absolute Gasteiger partial charge is 0.224 e. The van der Waals surface area contributed by atoms with Gasteiger partial charge in [-0.15, -0.1) is 0 Å². The summed E-state index contributed by atoms with van der Waals surface area (Å²) in [7, 11) is 0. The Balaban J connectivity index is 2.85. The van der Waals surface area contributed by atoms with Gasteiger partial charge < -0.3 is 11.1 Å². The number of carbonyl (C=O) groups is 1. The molecule has 0 radical (unpaired) electrons. The minimum absolute atomic E-state index is 0.138. The number of benzene rings is 1. The second kappa shape index (κ2) is 6.65. The SMILES string of the molecule is CC(N)CCCC(=O)Nc1c(F)c(F)c(F)c(F)c1F. The number of halogens is 5. The zero-order valence-corrected chi connectivity index (χ0v) is 10.6. The summed E-state index contributed by atoms with van der Waals surface area (Å²) in [6.45, 7) is 1.71. The Labute approximate surface area is 112 Å². The number of nitrogens with one attached hydrogen (secondary N) is 1. The van der Waals surface area contributed by atoms with Crippen LogP contribution in [-0.4, -0.2) is 11.9 Å². The van der Waals surface area contributed by atoms with Crippen LogP contribution in [0.25, 0.3) is 0 Å². The lowest BCUT2D eigenvalue weighted by atomic mass is 10.1. The zero-order chi connectivity index (χ0) is 15.4. The lowest BCUT2D eigenvalue weighted by molar-refractivity contribution is -0.116. The van der Waals surface area contributed by atoms with Crippen LogP contribution < -0.4 is 11.1 Å². The summed E-state index contributed by atoms with van der Waals surface area (Å²) >= 11 is 0. The van der Waals surface area contributed by atoms with E-state index in [0.717, 1.165) is 0 Å². The Hall–Kier alpha value is -1.70. The van der Waals surface area contributed by atoms with Crippen molar-refractivity contribution in [3.63, 3.8) is 0 Å². The highest BCUT2D eigenvalue weighted by molar-refractivity contribution is 5.91. The maximum atomic E-state index is 13.3. The highest BCUT2D eigenvalue weighted by Crippen LogP contribution is 2.27. The van der Waals surface area contributed by atoms with E-state index in [1.54, 1.807) is 12.2 Å². The molecule has 8 heteroatoms. The molecule has 3 N–H and O–H groups in total. The van der Waals surface area contributed by atoms with E-state index in [0.29, 0.717) is 12.8 Å². The Morgan fingerprint density at radius 2 is 1.50 bits per heavy atom. The predicted octanol–water partition coefficient (Wildman–Crippen LogP) is 2.84. The fraction of sp³-hybridized carbons (Fsp3) is 0.417. The molecule has 0 heterocycles. The van der Waals surface area contributed by atoms with Gasteiger partial charge in [-0.25, -0.2) is 22.0 Å². The molecule has 0 aliphatic rings. The van der Waals surface area contributed by atoms with Gasteiger partial charge in [0.2, 0.25) is 11.7 Å². The fourth-order valence-corrected chi connectivity index (χ4v) is 1.50. The molecule has 0 fully saturated rings. The van der Waals surface area contributed by atoms with Gasteiger partial charge in [-0.3, -0.25) is 4.79 Å². The summed E-state index contributed by atoms with van der Waals surface area (Å²) in [6.07, 6.45) is 0.685. The first-order chi connectivity index (χ1) is 9.25. The molecule has 0 bridgehead atoms. The first-order valence-electron chi connectivity index (χ1n) is 5.82. The van der Waals surface area contributed by atoms with Gasteiger partial charge in [0.1, 0.15) is 5.69 Å². The maximum absolute atomic E-state index is 13.3. The number of carbonyl (C=O) groups excluding carboxylic acids is 1. The summed E-state index contributed by atoms with van der Waals surface area (Å²) < 4.78 is 65.1. The van der Waals surface area contributed by atoms with E-state index in [1.807, 2.05) is 0 Å². The molecule has 20 heavy (non-hydrogen) atoms. The maximum Gasteiger partial charge on any atom is 0.224 e. The zero-order valence-electron chi connectivity index (χ0n) is 10.6. The molecule has 3 nitrogen and oxygen atoms in total. The van der Waals surface area contributed by atoms with E-state index >= 15 is 0 Å². The molecule has 0 spiro atoms. The van der Waals surface area contributed by atoms with Crippen molar-refractivity contribution in [1.29, 1.82) is 0 Å². The molecule has 1 aromatic carbocycles. The first kappa shape index (κ1) is 16.4. The molecular formula is C12H13F5N2O. The number of nitrogens with two attached hydrogens (primary N) is 1. The summed E-state index contributed by atoms with van der Waals surface area (Å²) in [5, 5.41) is 1.68. The topological polar surface area (TPSA) is 55.1 Å². The second-order valence-electron chi connectivity index (χ2n) is 4.36. The van der Waals surface area contributed by atoms with Gasteiger partial charge in [-0.05, 0) is 19.8 Å². The molecule has 1 unspecified atom stereocenters.